The highest BCUT2D eigenvalue weighted by molar-refractivity contribution is 14.0. The Bertz CT molecular complexity index is 769. The van der Waals surface area contributed by atoms with E-state index in [0.717, 1.165) is 62.6 Å². The maximum atomic E-state index is 5.79. The Morgan fingerprint density at radius 1 is 1.10 bits per heavy atom. The van der Waals surface area contributed by atoms with Gasteiger partial charge in [0.15, 0.2) is 5.96 Å². The third-order valence-electron chi connectivity index (χ3n) is 4.62. The molecular weight excluding hydrogens is 495 g/mol. The molecule has 1 aromatic heterocycles. The lowest BCUT2D eigenvalue weighted by atomic mass is 10.3. The molecule has 1 fully saturated rings. The number of anilines is 1. The summed E-state index contributed by atoms with van der Waals surface area (Å²) in [6.07, 6.45) is 4.42. The number of rotatable bonds is 8. The van der Waals surface area contributed by atoms with Crippen molar-refractivity contribution in [2.24, 2.45) is 4.99 Å². The molecule has 30 heavy (non-hydrogen) atoms. The predicted octanol–water partition coefficient (Wildman–Crippen LogP) is 2.66. The normalized spacial score (nSPS) is 14.1. The Morgan fingerprint density at radius 3 is 2.53 bits per heavy atom. The van der Waals surface area contributed by atoms with Crippen LogP contribution in [0.1, 0.15) is 13.3 Å². The highest BCUT2D eigenvalue weighted by Gasteiger charge is 2.20. The molecule has 0 saturated carbocycles. The Morgan fingerprint density at radius 2 is 1.83 bits per heavy atom. The van der Waals surface area contributed by atoms with Crippen LogP contribution in [0.25, 0.3) is 0 Å². The highest BCUT2D eigenvalue weighted by atomic mass is 127. The molecule has 3 rings (SSSR count). The number of guanidine groups is 1. The minimum Gasteiger partial charge on any atom is -0.497 e. The molecule has 0 radical (unpaired) electrons. The average Bonchev–Trinajstić information content (AvgIpc) is 2.79. The second-order valence-electron chi connectivity index (χ2n) is 6.64. The quantitative estimate of drug-likeness (QED) is 0.246. The van der Waals surface area contributed by atoms with Crippen LogP contribution in [0.4, 0.5) is 5.95 Å². The van der Waals surface area contributed by atoms with E-state index in [4.69, 9.17) is 14.5 Å². The van der Waals surface area contributed by atoms with Crippen LogP contribution in [0.3, 0.4) is 0 Å². The van der Waals surface area contributed by atoms with E-state index in [1.165, 1.54) is 0 Å². The molecule has 2 heterocycles. The first kappa shape index (κ1) is 24.0. The van der Waals surface area contributed by atoms with E-state index < -0.39 is 0 Å². The molecule has 0 aliphatic carbocycles. The molecule has 164 valence electrons. The lowest BCUT2D eigenvalue weighted by molar-refractivity contribution is 0.310. The zero-order chi connectivity index (χ0) is 20.3. The summed E-state index contributed by atoms with van der Waals surface area (Å²) in [5.74, 6) is 3.38. The van der Waals surface area contributed by atoms with Crippen molar-refractivity contribution >= 4 is 35.9 Å². The maximum absolute atomic E-state index is 5.79. The van der Waals surface area contributed by atoms with Crippen LogP contribution in [-0.2, 0) is 0 Å². The number of aliphatic imine (C=N–C) groups is 1. The Labute approximate surface area is 195 Å². The van der Waals surface area contributed by atoms with Crippen molar-refractivity contribution in [3.63, 3.8) is 0 Å². The molecule has 0 unspecified atom stereocenters. The number of aromatic nitrogens is 2. The van der Waals surface area contributed by atoms with Gasteiger partial charge in [0.25, 0.3) is 0 Å². The smallest absolute Gasteiger partial charge is 0.225 e. The van der Waals surface area contributed by atoms with Crippen LogP contribution in [0, 0.1) is 0 Å². The lowest BCUT2D eigenvalue weighted by Gasteiger charge is -2.36. The van der Waals surface area contributed by atoms with E-state index >= 15 is 0 Å². The number of halogens is 1. The lowest BCUT2D eigenvalue weighted by Crippen LogP contribution is -2.53. The van der Waals surface area contributed by atoms with E-state index in [9.17, 15) is 0 Å². The second kappa shape index (κ2) is 13.1. The fraction of sp³-hybridized carbons (Fsp3) is 0.476. The number of ether oxygens (including phenoxy) is 2. The molecule has 0 atom stereocenters. The average molecular weight is 526 g/mol. The van der Waals surface area contributed by atoms with Crippen LogP contribution in [0.15, 0.2) is 47.7 Å². The van der Waals surface area contributed by atoms with Gasteiger partial charge in [-0.15, -0.1) is 24.0 Å². The summed E-state index contributed by atoms with van der Waals surface area (Å²) in [5, 5.41) is 3.40. The second-order valence-corrected chi connectivity index (χ2v) is 6.64. The Hall–Kier alpha value is -2.30. The van der Waals surface area contributed by atoms with Crippen molar-refractivity contribution in [3.8, 4) is 11.5 Å². The van der Waals surface area contributed by atoms with Gasteiger partial charge in [-0.25, -0.2) is 9.97 Å². The number of piperazine rings is 1. The summed E-state index contributed by atoms with van der Waals surface area (Å²) in [5.41, 5.74) is 0. The summed E-state index contributed by atoms with van der Waals surface area (Å²) >= 11 is 0. The zero-order valence-corrected chi connectivity index (χ0v) is 20.0. The molecule has 1 aliphatic rings. The van der Waals surface area contributed by atoms with E-state index in [2.05, 4.69) is 32.0 Å². The van der Waals surface area contributed by atoms with Crippen molar-refractivity contribution in [1.82, 2.24) is 20.2 Å². The summed E-state index contributed by atoms with van der Waals surface area (Å²) in [7, 11) is 1.66. The van der Waals surface area contributed by atoms with Crippen LogP contribution in [-0.4, -0.2) is 73.8 Å². The number of nitrogens with zero attached hydrogens (tertiary/aromatic N) is 5. The molecule has 1 saturated heterocycles. The van der Waals surface area contributed by atoms with Crippen LogP contribution in [0.2, 0.25) is 0 Å². The first-order valence-corrected chi connectivity index (χ1v) is 10.1. The zero-order valence-electron chi connectivity index (χ0n) is 17.7. The number of benzene rings is 1. The van der Waals surface area contributed by atoms with Crippen molar-refractivity contribution in [3.05, 3.63) is 42.7 Å². The number of methoxy groups -OCH3 is 1. The van der Waals surface area contributed by atoms with Crippen molar-refractivity contribution in [2.75, 3.05) is 57.9 Å². The van der Waals surface area contributed by atoms with E-state index in [1.807, 2.05) is 30.3 Å². The molecule has 0 spiro atoms. The molecule has 0 amide bonds. The monoisotopic (exact) mass is 526 g/mol. The van der Waals surface area contributed by atoms with Gasteiger partial charge in [-0.1, -0.05) is 6.07 Å². The van der Waals surface area contributed by atoms with Gasteiger partial charge >= 0.3 is 0 Å². The van der Waals surface area contributed by atoms with Gasteiger partial charge in [-0.05, 0) is 25.1 Å². The molecule has 0 bridgehead atoms. The topological polar surface area (TPSA) is 75.1 Å². The van der Waals surface area contributed by atoms with Crippen LogP contribution < -0.4 is 19.7 Å². The van der Waals surface area contributed by atoms with Gasteiger partial charge in [-0.3, -0.25) is 4.99 Å². The predicted molar refractivity (Wildman–Crippen MR) is 130 cm³/mol. The molecule has 2 aromatic rings. The minimum atomic E-state index is 0. The molecule has 1 aliphatic heterocycles. The Balaban J connectivity index is 0.00000320. The summed E-state index contributed by atoms with van der Waals surface area (Å²) < 4.78 is 11.0. The fourth-order valence-electron chi connectivity index (χ4n) is 3.13. The summed E-state index contributed by atoms with van der Waals surface area (Å²) in [6.45, 7) is 7.83. The van der Waals surface area contributed by atoms with Crippen molar-refractivity contribution in [1.29, 1.82) is 0 Å². The largest absolute Gasteiger partial charge is 0.497 e. The first-order valence-electron chi connectivity index (χ1n) is 10.1. The minimum absolute atomic E-state index is 0. The third kappa shape index (κ3) is 7.19. The SMILES string of the molecule is CCNC(=NCCCOc1cccc(OC)c1)N1CCN(c2ncccn2)CC1.I. The van der Waals surface area contributed by atoms with E-state index in [1.54, 1.807) is 19.5 Å². The van der Waals surface area contributed by atoms with Gasteiger partial charge < -0.3 is 24.6 Å². The molecule has 8 nitrogen and oxygen atoms in total. The highest BCUT2D eigenvalue weighted by Crippen LogP contribution is 2.18. The fourth-order valence-corrected chi connectivity index (χ4v) is 3.13. The van der Waals surface area contributed by atoms with Crippen molar-refractivity contribution < 1.29 is 9.47 Å². The van der Waals surface area contributed by atoms with Gasteiger partial charge in [0.1, 0.15) is 11.5 Å². The van der Waals surface area contributed by atoms with Gasteiger partial charge in [0.2, 0.25) is 5.95 Å². The van der Waals surface area contributed by atoms with Gasteiger partial charge in [0, 0.05) is 64.1 Å². The van der Waals surface area contributed by atoms with Crippen molar-refractivity contribution in [2.45, 2.75) is 13.3 Å². The standard InChI is InChI=1S/C21H30N6O2.HI/c1-3-22-20(25-11-6-16-29-19-8-4-7-18(17-19)28-2)26-12-14-27(15-13-26)21-23-9-5-10-24-21;/h4-5,7-10,17H,3,6,11-16H2,1-2H3,(H,22,25);1H. The Kier molecular flexibility index (Phi) is 10.5. The molecule has 9 heteroatoms. The van der Waals surface area contributed by atoms with E-state index in [0.29, 0.717) is 13.2 Å². The summed E-state index contributed by atoms with van der Waals surface area (Å²) in [6, 6.07) is 9.50. The maximum Gasteiger partial charge on any atom is 0.225 e. The van der Waals surface area contributed by atoms with Crippen LogP contribution >= 0.6 is 24.0 Å². The van der Waals surface area contributed by atoms with Crippen LogP contribution in [0.5, 0.6) is 11.5 Å². The molecular formula is C21H31IN6O2. The molecule has 1 aromatic carbocycles. The number of hydrogen-bond acceptors (Lipinski definition) is 6. The third-order valence-corrected chi connectivity index (χ3v) is 4.62. The first-order chi connectivity index (χ1) is 14.3. The number of nitrogens with one attached hydrogen (secondary N) is 1. The van der Waals surface area contributed by atoms with Gasteiger partial charge in [-0.2, -0.15) is 0 Å². The van der Waals surface area contributed by atoms with E-state index in [-0.39, 0.29) is 24.0 Å². The van der Waals surface area contributed by atoms with Gasteiger partial charge in [0.05, 0.1) is 13.7 Å². The number of hydrogen-bond donors (Lipinski definition) is 1. The summed E-state index contributed by atoms with van der Waals surface area (Å²) in [4.78, 5) is 18.0. The molecule has 1 N–H and O–H groups in total.